The summed E-state index contributed by atoms with van der Waals surface area (Å²) < 4.78 is 0. The van der Waals surface area contributed by atoms with Crippen LogP contribution in [0.2, 0.25) is 0 Å². The van der Waals surface area contributed by atoms with Gasteiger partial charge in [0.25, 0.3) is 0 Å². The molecule has 0 amide bonds. The van der Waals surface area contributed by atoms with Gasteiger partial charge in [-0.15, -0.1) is 6.04 Å². The van der Waals surface area contributed by atoms with Crippen LogP contribution in [0.15, 0.2) is 0 Å². The van der Waals surface area contributed by atoms with Crippen LogP contribution in [0.4, 0.5) is 0 Å². The Kier molecular flexibility index (Phi) is 44.8. The molecule has 0 aliphatic carbocycles. The Morgan fingerprint density at radius 3 is 1.50 bits per heavy atom. The normalized spacial score (nSPS) is 9.38. The number of nitrogens with one attached hydrogen (secondary N) is 1. The van der Waals surface area contributed by atoms with Crippen LogP contribution in [-0.2, 0) is 26.2 Å². The first-order valence-electron chi connectivity index (χ1n) is 1.98. The Bertz CT molecular complexity index is 28.0. The van der Waals surface area contributed by atoms with Gasteiger partial charge < -0.3 is 30.5 Å². The van der Waals surface area contributed by atoms with Gasteiger partial charge in [-0.25, -0.2) is 0 Å². The van der Waals surface area contributed by atoms with Gasteiger partial charge in [-0.3, -0.25) is 0 Å². The Morgan fingerprint density at radius 1 is 1.38 bits per heavy atom. The van der Waals surface area contributed by atoms with Crippen LogP contribution in [0.3, 0.4) is 0 Å². The number of hydrogen-bond donors (Lipinski definition) is 0. The summed E-state index contributed by atoms with van der Waals surface area (Å²) in [7, 11) is 0. The van der Waals surface area contributed by atoms with Crippen LogP contribution in [-0.4, -0.2) is 6.04 Å². The van der Waals surface area contributed by atoms with E-state index in [1.807, 2.05) is 13.8 Å². The van der Waals surface area contributed by atoms with Crippen LogP contribution in [0.1, 0.15) is 20.3 Å². The molecule has 0 rings (SSSR count). The first-order chi connectivity index (χ1) is 2.27. The summed E-state index contributed by atoms with van der Waals surface area (Å²) >= 11 is 0. The van der Waals surface area contributed by atoms with Crippen molar-refractivity contribution >= 4 is 0 Å². The SMILES string of the molecule is CCC(C)[NH-].[Cl-].[Cl-].[Zr+3]. The third-order valence-electron chi connectivity index (χ3n) is 0.612. The second-order valence-electron chi connectivity index (χ2n) is 1.31. The molecule has 0 aromatic rings. The molecule has 1 unspecified atom stereocenters. The molecule has 1 N–H and O–H groups in total. The molecule has 0 fully saturated rings. The first kappa shape index (κ1) is 22.7. The molecule has 1 radical (unpaired) electrons. The zero-order valence-corrected chi connectivity index (χ0v) is 9.01. The van der Waals surface area contributed by atoms with Crippen molar-refractivity contribution in [2.75, 3.05) is 0 Å². The molecular weight excluding hydrogens is 224 g/mol. The summed E-state index contributed by atoms with van der Waals surface area (Å²) in [5.41, 5.74) is 6.83. The molecule has 4 heteroatoms. The molecule has 0 saturated carbocycles. The molecule has 0 aliphatic heterocycles. The number of hydrogen-bond acceptors (Lipinski definition) is 0. The molecule has 0 bridgehead atoms. The maximum absolute atomic E-state index is 6.83. The second-order valence-corrected chi connectivity index (χ2v) is 1.31. The van der Waals surface area contributed by atoms with Crippen molar-refractivity contribution in [2.45, 2.75) is 26.3 Å². The van der Waals surface area contributed by atoms with E-state index in [4.69, 9.17) is 5.73 Å². The fourth-order valence-corrected chi connectivity index (χ4v) is 0. The van der Waals surface area contributed by atoms with E-state index in [2.05, 4.69) is 0 Å². The minimum absolute atomic E-state index is 0. The van der Waals surface area contributed by atoms with E-state index in [1.165, 1.54) is 0 Å². The zero-order valence-electron chi connectivity index (χ0n) is 5.04. The van der Waals surface area contributed by atoms with E-state index in [-0.39, 0.29) is 57.1 Å². The molecule has 1 atom stereocenters. The predicted molar refractivity (Wildman–Crippen MR) is 24.1 cm³/mol. The molecule has 0 saturated heterocycles. The minimum atomic E-state index is 0. The van der Waals surface area contributed by atoms with Gasteiger partial charge in [0.15, 0.2) is 0 Å². The summed E-state index contributed by atoms with van der Waals surface area (Å²) in [6.07, 6.45) is 0.972. The molecule has 8 heavy (non-hydrogen) atoms. The van der Waals surface area contributed by atoms with Crippen molar-refractivity contribution in [3.63, 3.8) is 0 Å². The quantitative estimate of drug-likeness (QED) is 0.440. The first-order valence-corrected chi connectivity index (χ1v) is 1.98. The standard InChI is InChI=1S/C4H10N.2ClH.Zr/c1-3-4(2)5;;;/h4-5H,3H2,1-2H3;2*1H;/q-1;;;+3/p-2. The monoisotopic (exact) mass is 232 g/mol. The summed E-state index contributed by atoms with van der Waals surface area (Å²) in [5, 5.41) is 0. The van der Waals surface area contributed by atoms with E-state index < -0.39 is 0 Å². The largest absolute Gasteiger partial charge is 3.00 e. The topological polar surface area (TPSA) is 23.8 Å². The Labute approximate surface area is 82.7 Å². The minimum Gasteiger partial charge on any atom is -1.00 e. The van der Waals surface area contributed by atoms with Gasteiger partial charge in [0, 0.05) is 0 Å². The maximum atomic E-state index is 6.83. The van der Waals surface area contributed by atoms with Gasteiger partial charge in [0.1, 0.15) is 0 Å². The van der Waals surface area contributed by atoms with Gasteiger partial charge in [0.05, 0.1) is 0 Å². The van der Waals surface area contributed by atoms with Crippen molar-refractivity contribution in [1.82, 2.24) is 0 Å². The number of rotatable bonds is 1. The van der Waals surface area contributed by atoms with Crippen LogP contribution in [0.5, 0.6) is 0 Å². The van der Waals surface area contributed by atoms with Crippen LogP contribution in [0, 0.1) is 0 Å². The molecule has 0 aromatic carbocycles. The van der Waals surface area contributed by atoms with E-state index in [1.54, 1.807) is 0 Å². The molecule has 0 spiro atoms. The fourth-order valence-electron chi connectivity index (χ4n) is 0. The molecular formula is C4H10Cl2NZr. The van der Waals surface area contributed by atoms with E-state index >= 15 is 0 Å². The third-order valence-corrected chi connectivity index (χ3v) is 0.612. The molecule has 0 aliphatic rings. The average Bonchev–Trinajstić information content (AvgIpc) is 1.38. The van der Waals surface area contributed by atoms with Gasteiger partial charge in [-0.1, -0.05) is 20.3 Å². The van der Waals surface area contributed by atoms with Crippen molar-refractivity contribution in [2.24, 2.45) is 0 Å². The Morgan fingerprint density at radius 2 is 1.50 bits per heavy atom. The molecule has 1 nitrogen and oxygen atoms in total. The van der Waals surface area contributed by atoms with E-state index in [0.717, 1.165) is 6.42 Å². The molecule has 49 valence electrons. The van der Waals surface area contributed by atoms with E-state index in [9.17, 15) is 0 Å². The molecule has 0 aromatic heterocycles. The van der Waals surface area contributed by atoms with Crippen molar-refractivity contribution < 1.29 is 51.0 Å². The second kappa shape index (κ2) is 15.8. The van der Waals surface area contributed by atoms with Crippen molar-refractivity contribution in [1.29, 1.82) is 0 Å². The van der Waals surface area contributed by atoms with Crippen molar-refractivity contribution in [3.8, 4) is 0 Å². The summed E-state index contributed by atoms with van der Waals surface area (Å²) in [5.74, 6) is 0. The van der Waals surface area contributed by atoms with Gasteiger partial charge in [0.2, 0.25) is 0 Å². The van der Waals surface area contributed by atoms with Crippen LogP contribution >= 0.6 is 0 Å². The molecule has 0 heterocycles. The predicted octanol–water partition coefficient (Wildman–Crippen LogP) is -4.16. The third kappa shape index (κ3) is 26.1. The summed E-state index contributed by atoms with van der Waals surface area (Å²) in [6, 6.07) is 0.134. The smallest absolute Gasteiger partial charge is 1.00 e. The average molecular weight is 234 g/mol. The summed E-state index contributed by atoms with van der Waals surface area (Å²) in [4.78, 5) is 0. The Hall–Kier alpha value is 1.42. The van der Waals surface area contributed by atoms with Gasteiger partial charge >= 0.3 is 26.2 Å². The zero-order chi connectivity index (χ0) is 4.28. The van der Waals surface area contributed by atoms with Crippen LogP contribution in [0.25, 0.3) is 5.73 Å². The fraction of sp³-hybridized carbons (Fsp3) is 1.00. The van der Waals surface area contributed by atoms with Gasteiger partial charge in [-0.2, -0.15) is 0 Å². The number of halogens is 2. The van der Waals surface area contributed by atoms with Crippen molar-refractivity contribution in [3.05, 3.63) is 5.73 Å². The Balaban J connectivity index is -0.0000000267. The summed E-state index contributed by atoms with van der Waals surface area (Å²) in [6.45, 7) is 3.90. The maximum Gasteiger partial charge on any atom is 3.00 e. The van der Waals surface area contributed by atoms with E-state index in [0.29, 0.717) is 0 Å². The van der Waals surface area contributed by atoms with Gasteiger partial charge in [-0.05, 0) is 0 Å². The van der Waals surface area contributed by atoms with Crippen LogP contribution < -0.4 is 24.8 Å².